The van der Waals surface area contributed by atoms with Crippen molar-refractivity contribution in [3.8, 4) is 0 Å². The second-order valence-electron chi connectivity index (χ2n) is 9.78. The van der Waals surface area contributed by atoms with Crippen molar-refractivity contribution in [3.63, 3.8) is 0 Å². The van der Waals surface area contributed by atoms with Crippen LogP contribution in [0.15, 0.2) is 30.3 Å². The second kappa shape index (κ2) is 12.6. The number of hydrogen-bond acceptors (Lipinski definition) is 2. The van der Waals surface area contributed by atoms with Gasteiger partial charge in [-0.05, 0) is 0 Å². The SMILES string of the molecule is CCC[CH2][Sn]([CH2]CCC)([CH2]CCC)[c]1ccc2c(n1)CCN2C(=O)Nc1cc(C(F)(F)F)ccc1F. The van der Waals surface area contributed by atoms with Gasteiger partial charge in [0.2, 0.25) is 0 Å². The van der Waals surface area contributed by atoms with E-state index in [1.807, 2.05) is 6.07 Å². The molecule has 1 aliphatic rings. The normalized spacial score (nSPS) is 13.7. The van der Waals surface area contributed by atoms with E-state index in [1.165, 1.54) is 60.4 Å². The fraction of sp³-hybridized carbons (Fsp3) is 0.556. The summed E-state index contributed by atoms with van der Waals surface area (Å²) in [4.78, 5) is 19.5. The molecule has 2 heterocycles. The number of carbonyl (C=O) groups excluding carboxylic acids is 1. The van der Waals surface area contributed by atoms with Gasteiger partial charge in [0.25, 0.3) is 0 Å². The number of benzene rings is 1. The third-order valence-corrected chi connectivity index (χ3v) is 22.3. The average molecular weight is 614 g/mol. The van der Waals surface area contributed by atoms with Crippen molar-refractivity contribution in [1.29, 1.82) is 0 Å². The van der Waals surface area contributed by atoms with Crippen LogP contribution in [-0.4, -0.2) is 35.9 Å². The summed E-state index contributed by atoms with van der Waals surface area (Å²) in [6.07, 6.45) is 3.13. The summed E-state index contributed by atoms with van der Waals surface area (Å²) in [5, 5.41) is 2.33. The first-order valence-electron chi connectivity index (χ1n) is 13.1. The van der Waals surface area contributed by atoms with E-state index >= 15 is 0 Å². The van der Waals surface area contributed by atoms with Crippen LogP contribution in [0.4, 0.5) is 33.7 Å². The third kappa shape index (κ3) is 6.72. The zero-order valence-corrected chi connectivity index (χ0v) is 24.3. The molecule has 0 radical (unpaired) electrons. The number of alkyl halides is 3. The minimum atomic E-state index is -4.63. The van der Waals surface area contributed by atoms with E-state index in [0.29, 0.717) is 30.8 Å². The summed E-state index contributed by atoms with van der Waals surface area (Å²) < 4.78 is 58.5. The molecule has 3 rings (SSSR count). The molecule has 0 fully saturated rings. The van der Waals surface area contributed by atoms with Crippen molar-refractivity contribution >= 4 is 39.5 Å². The third-order valence-electron chi connectivity index (χ3n) is 7.16. The predicted octanol–water partition coefficient (Wildman–Crippen LogP) is 7.89. The molecule has 4 nitrogen and oxygen atoms in total. The molecule has 1 aliphatic heterocycles. The Morgan fingerprint density at radius 2 is 1.61 bits per heavy atom. The predicted molar refractivity (Wildman–Crippen MR) is 140 cm³/mol. The first-order chi connectivity index (χ1) is 17.1. The van der Waals surface area contributed by atoms with Gasteiger partial charge in [-0.15, -0.1) is 0 Å². The molecular weight excluding hydrogens is 577 g/mol. The molecule has 0 saturated heterocycles. The van der Waals surface area contributed by atoms with E-state index in [9.17, 15) is 22.4 Å². The maximum atomic E-state index is 14.2. The van der Waals surface area contributed by atoms with Gasteiger partial charge in [-0.1, -0.05) is 0 Å². The number of nitrogens with zero attached hydrogens (tertiary/aromatic N) is 2. The van der Waals surface area contributed by atoms with Crippen molar-refractivity contribution in [2.45, 2.75) is 85.2 Å². The molecule has 1 aromatic heterocycles. The molecule has 2 amide bonds. The van der Waals surface area contributed by atoms with E-state index in [-0.39, 0.29) is 0 Å². The molecule has 0 spiro atoms. The quantitative estimate of drug-likeness (QED) is 0.207. The number of halogens is 4. The number of amides is 2. The molecule has 2 aromatic rings. The van der Waals surface area contributed by atoms with E-state index in [4.69, 9.17) is 4.98 Å². The first-order valence-corrected chi connectivity index (χ1v) is 20.6. The Hall–Kier alpha value is -1.84. The number of aromatic nitrogens is 1. The van der Waals surface area contributed by atoms with Crippen LogP contribution in [0.1, 0.15) is 70.6 Å². The van der Waals surface area contributed by atoms with Gasteiger partial charge in [-0.2, -0.15) is 0 Å². The summed E-state index contributed by atoms with van der Waals surface area (Å²) in [5.41, 5.74) is 0.0206. The van der Waals surface area contributed by atoms with Crippen molar-refractivity contribution < 1.29 is 22.4 Å². The number of hydrogen-bond donors (Lipinski definition) is 1. The van der Waals surface area contributed by atoms with E-state index in [2.05, 4.69) is 32.2 Å². The summed E-state index contributed by atoms with van der Waals surface area (Å²) in [5.74, 6) is -0.911. The number of anilines is 2. The van der Waals surface area contributed by atoms with Crippen LogP contribution in [0.2, 0.25) is 13.3 Å². The van der Waals surface area contributed by atoms with Crippen molar-refractivity contribution in [3.05, 3.63) is 47.4 Å². The van der Waals surface area contributed by atoms with Crippen molar-refractivity contribution in [1.82, 2.24) is 4.98 Å². The zero-order valence-electron chi connectivity index (χ0n) is 21.5. The Morgan fingerprint density at radius 1 is 1.00 bits per heavy atom. The van der Waals surface area contributed by atoms with Crippen molar-refractivity contribution in [2.24, 2.45) is 0 Å². The molecule has 1 aromatic carbocycles. The summed E-state index contributed by atoms with van der Waals surface area (Å²) in [6, 6.07) is 5.41. The van der Waals surface area contributed by atoms with E-state index in [1.54, 1.807) is 0 Å². The zero-order chi connectivity index (χ0) is 26.3. The van der Waals surface area contributed by atoms with E-state index < -0.39 is 47.7 Å². The van der Waals surface area contributed by atoms with Crippen molar-refractivity contribution in [2.75, 3.05) is 16.8 Å². The van der Waals surface area contributed by atoms with Crippen LogP contribution >= 0.6 is 0 Å². The number of fused-ring (bicyclic) bond motifs is 1. The number of pyridine rings is 1. The molecule has 0 aliphatic carbocycles. The summed E-state index contributed by atoms with van der Waals surface area (Å²) >= 11 is -2.73. The standard InChI is InChI=1S/C15H10F4N3O.3C4H9.Sn/c16-10-4-3-9(15(17,18)19)8-12(10)21-14(23)22-7-5-11-13(22)2-1-6-20-11;3*1-3-4-2;/h1-4,8H,5,7H2,(H,21,23);3*1,3-4H2,2H3;. The fourth-order valence-electron chi connectivity index (χ4n) is 5.05. The van der Waals surface area contributed by atoms with Gasteiger partial charge in [0.05, 0.1) is 0 Å². The monoisotopic (exact) mass is 615 g/mol. The topological polar surface area (TPSA) is 45.2 Å². The Kier molecular flexibility index (Phi) is 10.1. The summed E-state index contributed by atoms with van der Waals surface area (Å²) in [7, 11) is 0. The first kappa shape index (κ1) is 28.7. The van der Waals surface area contributed by atoms with Crippen LogP contribution in [0.3, 0.4) is 0 Å². The van der Waals surface area contributed by atoms with Gasteiger partial charge in [0.15, 0.2) is 0 Å². The fourth-order valence-corrected chi connectivity index (χ4v) is 20.5. The Balaban J connectivity index is 1.86. The second-order valence-corrected chi connectivity index (χ2v) is 22.8. The number of nitrogens with one attached hydrogen (secondary N) is 1. The minimum absolute atomic E-state index is 0.361. The number of rotatable bonds is 11. The van der Waals surface area contributed by atoms with Crippen LogP contribution in [0, 0.1) is 5.82 Å². The van der Waals surface area contributed by atoms with Gasteiger partial charge in [-0.25, -0.2) is 0 Å². The number of urea groups is 1. The molecule has 0 unspecified atom stereocenters. The van der Waals surface area contributed by atoms with Gasteiger partial charge in [0, 0.05) is 0 Å². The number of carbonyl (C=O) groups is 1. The molecule has 1 N–H and O–H groups in total. The van der Waals surface area contributed by atoms with E-state index in [0.717, 1.165) is 11.8 Å². The molecule has 9 heteroatoms. The molecule has 0 atom stereocenters. The molecular formula is C27H37F4N3OSn. The van der Waals surface area contributed by atoms with Crippen LogP contribution in [-0.2, 0) is 12.6 Å². The van der Waals surface area contributed by atoms with Gasteiger partial charge < -0.3 is 0 Å². The van der Waals surface area contributed by atoms with Gasteiger partial charge >= 0.3 is 216 Å². The van der Waals surface area contributed by atoms with Gasteiger partial charge in [-0.3, -0.25) is 0 Å². The van der Waals surface area contributed by atoms with Gasteiger partial charge in [0.1, 0.15) is 0 Å². The molecule has 198 valence electrons. The van der Waals surface area contributed by atoms with Crippen LogP contribution < -0.4 is 13.9 Å². The Labute approximate surface area is 215 Å². The van der Waals surface area contributed by atoms with Crippen LogP contribution in [0.5, 0.6) is 0 Å². The molecule has 36 heavy (non-hydrogen) atoms. The molecule has 0 saturated carbocycles. The summed E-state index contributed by atoms with van der Waals surface area (Å²) in [6.45, 7) is 7.06. The Morgan fingerprint density at radius 3 is 2.17 bits per heavy atom. The number of unbranched alkanes of at least 4 members (excludes halogenated alkanes) is 3. The maximum absolute atomic E-state index is 14.2. The average Bonchev–Trinajstić information content (AvgIpc) is 3.28. The molecule has 0 bridgehead atoms. The van der Waals surface area contributed by atoms with Crippen LogP contribution in [0.25, 0.3) is 0 Å². The Bertz CT molecular complexity index is 1020.